The second-order valence-electron chi connectivity index (χ2n) is 6.63. The van der Waals surface area contributed by atoms with Crippen LogP contribution >= 0.6 is 0 Å². The van der Waals surface area contributed by atoms with Crippen LogP contribution in [0.25, 0.3) is 0 Å². The molecule has 1 aliphatic heterocycles. The number of nitrogens with zero attached hydrogens (tertiary/aromatic N) is 3. The van der Waals surface area contributed by atoms with Crippen molar-refractivity contribution in [2.45, 2.75) is 71.3 Å². The number of hydrogen-bond acceptors (Lipinski definition) is 5. The monoisotopic (exact) mass is 322 g/mol. The summed E-state index contributed by atoms with van der Waals surface area (Å²) in [5, 5.41) is 11.0. The van der Waals surface area contributed by atoms with Gasteiger partial charge in [0.2, 0.25) is 17.7 Å². The molecule has 1 N–H and O–H groups in total. The third kappa shape index (κ3) is 5.61. The Morgan fingerprint density at radius 3 is 2.91 bits per heavy atom. The summed E-state index contributed by atoms with van der Waals surface area (Å²) in [7, 11) is 0. The standard InChI is InChI=1S/C17H30N4O2/c1-4-14-7-5-6-11-21(14)12-10-18-15(22)8-9-16-19-20-17(23-16)13(2)3/h13-14H,4-12H2,1-3H3,(H,18,22)/t14-/m0/s1. The molecule has 0 aromatic carbocycles. The SMILES string of the molecule is CC[C@H]1CCCCN1CCNC(=O)CCc1nnc(C(C)C)o1. The van der Waals surface area contributed by atoms with Crippen LogP contribution in [-0.4, -0.2) is 46.7 Å². The van der Waals surface area contributed by atoms with E-state index in [1.165, 1.54) is 25.7 Å². The average molecular weight is 322 g/mol. The molecule has 1 atom stereocenters. The van der Waals surface area contributed by atoms with Crippen molar-refractivity contribution in [2.24, 2.45) is 0 Å². The summed E-state index contributed by atoms with van der Waals surface area (Å²) in [5.74, 6) is 1.46. The van der Waals surface area contributed by atoms with Gasteiger partial charge in [-0.2, -0.15) is 0 Å². The Balaban J connectivity index is 1.64. The molecular weight excluding hydrogens is 292 g/mol. The Labute approximate surface area is 139 Å². The zero-order chi connectivity index (χ0) is 16.7. The van der Waals surface area contributed by atoms with Crippen molar-refractivity contribution in [3.63, 3.8) is 0 Å². The number of hydrogen-bond donors (Lipinski definition) is 1. The maximum Gasteiger partial charge on any atom is 0.220 e. The maximum absolute atomic E-state index is 11.9. The predicted molar refractivity (Wildman–Crippen MR) is 89.2 cm³/mol. The molecule has 2 rings (SSSR count). The molecule has 0 unspecified atom stereocenters. The Hall–Kier alpha value is -1.43. The Bertz CT molecular complexity index is 487. The molecule has 1 amide bonds. The second kappa shape index (κ2) is 9.01. The van der Waals surface area contributed by atoms with Crippen LogP contribution in [0.1, 0.15) is 70.6 Å². The number of aryl methyl sites for hydroxylation is 1. The number of nitrogens with one attached hydrogen (secondary N) is 1. The van der Waals surface area contributed by atoms with Crippen LogP contribution in [0.3, 0.4) is 0 Å². The van der Waals surface area contributed by atoms with Crippen molar-refractivity contribution in [3.05, 3.63) is 11.8 Å². The van der Waals surface area contributed by atoms with Gasteiger partial charge in [0.25, 0.3) is 0 Å². The van der Waals surface area contributed by atoms with Gasteiger partial charge in [0.05, 0.1) is 0 Å². The van der Waals surface area contributed by atoms with E-state index >= 15 is 0 Å². The number of aromatic nitrogens is 2. The Morgan fingerprint density at radius 1 is 1.39 bits per heavy atom. The minimum Gasteiger partial charge on any atom is -0.425 e. The molecule has 0 saturated carbocycles. The van der Waals surface area contributed by atoms with Crippen molar-refractivity contribution in [3.8, 4) is 0 Å². The highest BCUT2D eigenvalue weighted by atomic mass is 16.4. The van der Waals surface area contributed by atoms with Gasteiger partial charge in [-0.15, -0.1) is 10.2 Å². The smallest absolute Gasteiger partial charge is 0.220 e. The van der Waals surface area contributed by atoms with Crippen LogP contribution in [0, 0.1) is 0 Å². The summed E-state index contributed by atoms with van der Waals surface area (Å²) >= 11 is 0. The normalized spacial score (nSPS) is 19.2. The molecule has 0 radical (unpaired) electrons. The van der Waals surface area contributed by atoms with Crippen molar-refractivity contribution >= 4 is 5.91 Å². The minimum atomic E-state index is 0.0550. The molecule has 23 heavy (non-hydrogen) atoms. The summed E-state index contributed by atoms with van der Waals surface area (Å²) in [6.45, 7) is 9.09. The van der Waals surface area contributed by atoms with E-state index in [1.807, 2.05) is 13.8 Å². The molecule has 1 aromatic heterocycles. The highest BCUT2D eigenvalue weighted by molar-refractivity contribution is 5.75. The Kier molecular flexibility index (Phi) is 7.02. The molecule has 6 nitrogen and oxygen atoms in total. The summed E-state index contributed by atoms with van der Waals surface area (Å²) in [6.07, 6.45) is 6.01. The van der Waals surface area contributed by atoms with Crippen LogP contribution in [0.15, 0.2) is 4.42 Å². The van der Waals surface area contributed by atoms with Crippen molar-refractivity contribution in [2.75, 3.05) is 19.6 Å². The van der Waals surface area contributed by atoms with E-state index in [0.29, 0.717) is 30.7 Å². The first kappa shape index (κ1) is 17.9. The van der Waals surface area contributed by atoms with Crippen LogP contribution in [0.5, 0.6) is 0 Å². The van der Waals surface area contributed by atoms with Gasteiger partial charge in [-0.05, 0) is 25.8 Å². The number of rotatable bonds is 8. The molecule has 1 aliphatic rings. The number of piperidine rings is 1. The number of carbonyl (C=O) groups excluding carboxylic acids is 1. The van der Waals surface area contributed by atoms with E-state index in [4.69, 9.17) is 4.42 Å². The van der Waals surface area contributed by atoms with E-state index in [0.717, 1.165) is 19.6 Å². The first-order valence-corrected chi connectivity index (χ1v) is 8.93. The zero-order valence-electron chi connectivity index (χ0n) is 14.7. The third-order valence-electron chi connectivity index (χ3n) is 4.48. The largest absolute Gasteiger partial charge is 0.425 e. The molecule has 0 aliphatic carbocycles. The lowest BCUT2D eigenvalue weighted by Crippen LogP contribution is -2.43. The Morgan fingerprint density at radius 2 is 2.22 bits per heavy atom. The van der Waals surface area contributed by atoms with Crippen molar-refractivity contribution < 1.29 is 9.21 Å². The minimum absolute atomic E-state index is 0.0550. The first-order valence-electron chi connectivity index (χ1n) is 8.93. The van der Waals surface area contributed by atoms with E-state index in [-0.39, 0.29) is 11.8 Å². The van der Waals surface area contributed by atoms with Gasteiger partial charge in [0.1, 0.15) is 0 Å². The van der Waals surface area contributed by atoms with E-state index in [1.54, 1.807) is 0 Å². The number of likely N-dealkylation sites (tertiary alicyclic amines) is 1. The molecule has 130 valence electrons. The quantitative estimate of drug-likeness (QED) is 0.796. The van der Waals surface area contributed by atoms with Gasteiger partial charge in [0.15, 0.2) is 0 Å². The van der Waals surface area contributed by atoms with Crippen molar-refractivity contribution in [1.29, 1.82) is 0 Å². The fraction of sp³-hybridized carbons (Fsp3) is 0.824. The fourth-order valence-corrected chi connectivity index (χ4v) is 3.07. The topological polar surface area (TPSA) is 71.3 Å². The number of carbonyl (C=O) groups is 1. The van der Waals surface area contributed by atoms with Crippen LogP contribution in [-0.2, 0) is 11.2 Å². The summed E-state index contributed by atoms with van der Waals surface area (Å²) in [6, 6.07) is 0.688. The average Bonchev–Trinajstić information content (AvgIpc) is 3.02. The fourth-order valence-electron chi connectivity index (χ4n) is 3.07. The molecule has 0 bridgehead atoms. The van der Waals surface area contributed by atoms with Gasteiger partial charge >= 0.3 is 0 Å². The van der Waals surface area contributed by atoms with Gasteiger partial charge in [0, 0.05) is 37.9 Å². The lowest BCUT2D eigenvalue weighted by atomic mass is 10.0. The second-order valence-corrected chi connectivity index (χ2v) is 6.63. The molecule has 6 heteroatoms. The lowest BCUT2D eigenvalue weighted by Gasteiger charge is -2.35. The molecular formula is C17H30N4O2. The summed E-state index contributed by atoms with van der Waals surface area (Å²) in [4.78, 5) is 14.4. The third-order valence-corrected chi connectivity index (χ3v) is 4.48. The van der Waals surface area contributed by atoms with Crippen LogP contribution < -0.4 is 5.32 Å². The van der Waals surface area contributed by atoms with Crippen molar-refractivity contribution in [1.82, 2.24) is 20.4 Å². The highest BCUT2D eigenvalue weighted by Gasteiger charge is 2.20. The molecule has 1 fully saturated rings. The lowest BCUT2D eigenvalue weighted by molar-refractivity contribution is -0.121. The van der Waals surface area contributed by atoms with E-state index in [9.17, 15) is 4.79 Å². The van der Waals surface area contributed by atoms with E-state index < -0.39 is 0 Å². The van der Waals surface area contributed by atoms with Crippen LogP contribution in [0.2, 0.25) is 0 Å². The molecule has 2 heterocycles. The predicted octanol–water partition coefficient (Wildman–Crippen LogP) is 2.51. The van der Waals surface area contributed by atoms with Gasteiger partial charge < -0.3 is 9.73 Å². The van der Waals surface area contributed by atoms with Gasteiger partial charge in [-0.1, -0.05) is 27.2 Å². The zero-order valence-corrected chi connectivity index (χ0v) is 14.7. The van der Waals surface area contributed by atoms with E-state index in [2.05, 4.69) is 27.3 Å². The summed E-state index contributed by atoms with van der Waals surface area (Å²) in [5.41, 5.74) is 0. The first-order chi connectivity index (χ1) is 11.1. The van der Waals surface area contributed by atoms with Gasteiger partial charge in [-0.3, -0.25) is 9.69 Å². The molecule has 1 saturated heterocycles. The maximum atomic E-state index is 11.9. The number of amides is 1. The van der Waals surface area contributed by atoms with Gasteiger partial charge in [-0.25, -0.2) is 0 Å². The highest BCUT2D eigenvalue weighted by Crippen LogP contribution is 2.18. The summed E-state index contributed by atoms with van der Waals surface area (Å²) < 4.78 is 5.51. The molecule has 1 aromatic rings. The van der Waals surface area contributed by atoms with Crippen LogP contribution in [0.4, 0.5) is 0 Å². The molecule has 0 spiro atoms.